The third-order valence-electron chi connectivity index (χ3n) is 6.33. The molecule has 0 aliphatic carbocycles. The highest BCUT2D eigenvalue weighted by Crippen LogP contribution is 2.35. The second kappa shape index (κ2) is 12.0. The maximum Gasteiger partial charge on any atom is 0.0942 e. The van der Waals surface area contributed by atoms with E-state index >= 15 is 0 Å². The Balaban J connectivity index is 2.73. The lowest BCUT2D eigenvalue weighted by atomic mass is 10.0. The van der Waals surface area contributed by atoms with Crippen molar-refractivity contribution in [1.29, 1.82) is 5.41 Å². The van der Waals surface area contributed by atoms with Crippen molar-refractivity contribution in [1.82, 2.24) is 9.55 Å². The molecule has 0 radical (unpaired) electrons. The van der Waals surface area contributed by atoms with Gasteiger partial charge in [-0.25, -0.2) is 4.98 Å². The standard InChI is InChI=1S/C29H44N4/c1-10-14-15-23(16-20(7)11-2)18-31-26-17-25(24(12-3)22(9)30)32-28-21(8)27(13-4)33(19(5)6)29(26)28/h12,14-17,19-20,30H,10-11,13,18H2,1-9H3,(H,31,32)/b15-14-,23-16+,24-12+,30-22?. The number of fused-ring (bicyclic) bond motifs is 1. The summed E-state index contributed by atoms with van der Waals surface area (Å²) in [5, 5.41) is 12.0. The number of aryl methyl sites for hydroxylation is 1. The van der Waals surface area contributed by atoms with Crippen LogP contribution in [-0.4, -0.2) is 21.8 Å². The molecule has 2 aromatic rings. The van der Waals surface area contributed by atoms with Crippen LogP contribution in [0.5, 0.6) is 0 Å². The van der Waals surface area contributed by atoms with Crippen LogP contribution in [0.2, 0.25) is 0 Å². The van der Waals surface area contributed by atoms with E-state index < -0.39 is 0 Å². The monoisotopic (exact) mass is 448 g/mol. The van der Waals surface area contributed by atoms with Crippen molar-refractivity contribution < 1.29 is 0 Å². The third-order valence-corrected chi connectivity index (χ3v) is 6.33. The molecule has 4 heteroatoms. The third kappa shape index (κ3) is 6.04. The number of rotatable bonds is 11. The molecular weight excluding hydrogens is 404 g/mol. The van der Waals surface area contributed by atoms with Crippen molar-refractivity contribution in [2.75, 3.05) is 11.9 Å². The number of aromatic nitrogens is 2. The summed E-state index contributed by atoms with van der Waals surface area (Å²) in [4.78, 5) is 5.08. The van der Waals surface area contributed by atoms with Gasteiger partial charge in [0.05, 0.1) is 22.4 Å². The molecule has 0 saturated carbocycles. The zero-order valence-corrected chi connectivity index (χ0v) is 22.3. The SMILES string of the molecule is C/C=C(\C(C)=N)c1cc(NCC(/C=C\CC)=C/C(C)CC)c2c(n1)c(C)c(CC)n2C(C)C. The Morgan fingerprint density at radius 1 is 1.21 bits per heavy atom. The fraction of sp³-hybridized carbons (Fsp3) is 0.517. The summed E-state index contributed by atoms with van der Waals surface area (Å²) < 4.78 is 2.44. The molecule has 33 heavy (non-hydrogen) atoms. The minimum absolute atomic E-state index is 0.338. The highest BCUT2D eigenvalue weighted by Gasteiger charge is 2.21. The molecule has 180 valence electrons. The molecule has 0 aliphatic rings. The topological polar surface area (TPSA) is 53.7 Å². The molecule has 0 aliphatic heterocycles. The second-order valence-corrected chi connectivity index (χ2v) is 9.26. The predicted octanol–water partition coefficient (Wildman–Crippen LogP) is 8.28. The summed E-state index contributed by atoms with van der Waals surface area (Å²) in [5.74, 6) is 0.542. The Hall–Kier alpha value is -2.62. The minimum atomic E-state index is 0.338. The number of nitrogens with zero attached hydrogens (tertiary/aromatic N) is 2. The van der Waals surface area contributed by atoms with E-state index in [1.165, 1.54) is 22.3 Å². The highest BCUT2D eigenvalue weighted by molar-refractivity contribution is 6.21. The van der Waals surface area contributed by atoms with Crippen LogP contribution in [0.4, 0.5) is 5.69 Å². The van der Waals surface area contributed by atoms with Gasteiger partial charge in [0, 0.05) is 29.6 Å². The zero-order valence-electron chi connectivity index (χ0n) is 22.3. The smallest absolute Gasteiger partial charge is 0.0942 e. The van der Waals surface area contributed by atoms with Crippen molar-refractivity contribution in [3.63, 3.8) is 0 Å². The summed E-state index contributed by atoms with van der Waals surface area (Å²) >= 11 is 0. The molecule has 2 aromatic heterocycles. The molecule has 4 nitrogen and oxygen atoms in total. The predicted molar refractivity (Wildman–Crippen MR) is 147 cm³/mol. The first kappa shape index (κ1) is 26.6. The van der Waals surface area contributed by atoms with Crippen molar-refractivity contribution in [2.45, 2.75) is 87.6 Å². The lowest BCUT2D eigenvalue weighted by Crippen LogP contribution is -2.11. The van der Waals surface area contributed by atoms with Crippen LogP contribution in [0.15, 0.2) is 35.9 Å². The van der Waals surface area contributed by atoms with Gasteiger partial charge in [-0.2, -0.15) is 0 Å². The fourth-order valence-electron chi connectivity index (χ4n) is 4.45. The van der Waals surface area contributed by atoms with Crippen LogP contribution < -0.4 is 5.32 Å². The van der Waals surface area contributed by atoms with E-state index in [2.05, 4.69) is 82.6 Å². The van der Waals surface area contributed by atoms with Crippen LogP contribution in [0.1, 0.15) is 91.2 Å². The van der Waals surface area contributed by atoms with Crippen LogP contribution in [0.3, 0.4) is 0 Å². The number of anilines is 1. The first-order valence-corrected chi connectivity index (χ1v) is 12.6. The number of pyridine rings is 1. The van der Waals surface area contributed by atoms with E-state index in [-0.39, 0.29) is 0 Å². The molecule has 2 rings (SSSR count). The van der Waals surface area contributed by atoms with Crippen LogP contribution in [0, 0.1) is 18.3 Å². The minimum Gasteiger partial charge on any atom is -0.379 e. The van der Waals surface area contributed by atoms with Crippen molar-refractivity contribution in [2.24, 2.45) is 5.92 Å². The van der Waals surface area contributed by atoms with Crippen molar-refractivity contribution in [3.05, 3.63) is 52.9 Å². The van der Waals surface area contributed by atoms with E-state index in [9.17, 15) is 0 Å². The molecule has 0 fully saturated rings. The van der Waals surface area contributed by atoms with E-state index in [0.29, 0.717) is 17.7 Å². The van der Waals surface area contributed by atoms with E-state index in [0.717, 1.165) is 48.3 Å². The maximum atomic E-state index is 8.27. The summed E-state index contributed by atoms with van der Waals surface area (Å²) in [7, 11) is 0. The average Bonchev–Trinajstić information content (AvgIpc) is 3.07. The number of hydrogen-bond acceptors (Lipinski definition) is 3. The molecule has 1 unspecified atom stereocenters. The molecule has 1 atom stereocenters. The van der Waals surface area contributed by atoms with Crippen LogP contribution in [0.25, 0.3) is 16.6 Å². The summed E-state index contributed by atoms with van der Waals surface area (Å²) in [6, 6.07) is 2.47. The second-order valence-electron chi connectivity index (χ2n) is 9.26. The van der Waals surface area contributed by atoms with Crippen LogP contribution in [-0.2, 0) is 6.42 Å². The highest BCUT2D eigenvalue weighted by atomic mass is 15.1. The zero-order chi connectivity index (χ0) is 24.7. The molecule has 2 N–H and O–H groups in total. The van der Waals surface area contributed by atoms with Gasteiger partial charge < -0.3 is 15.3 Å². The molecular formula is C29H44N4. The lowest BCUT2D eigenvalue weighted by Gasteiger charge is -2.18. The van der Waals surface area contributed by atoms with E-state index in [1.54, 1.807) is 0 Å². The molecule has 0 aromatic carbocycles. The maximum absolute atomic E-state index is 8.27. The first-order valence-electron chi connectivity index (χ1n) is 12.6. The van der Waals surface area contributed by atoms with Gasteiger partial charge in [-0.05, 0) is 70.6 Å². The largest absolute Gasteiger partial charge is 0.379 e. The van der Waals surface area contributed by atoms with Gasteiger partial charge in [-0.15, -0.1) is 0 Å². The molecule has 0 bridgehead atoms. The van der Waals surface area contributed by atoms with Crippen molar-refractivity contribution >= 4 is 28.0 Å². The normalized spacial score (nSPS) is 14.0. The molecule has 0 spiro atoms. The van der Waals surface area contributed by atoms with Gasteiger partial charge in [-0.3, -0.25) is 0 Å². The van der Waals surface area contributed by atoms with Crippen molar-refractivity contribution in [3.8, 4) is 0 Å². The van der Waals surface area contributed by atoms with E-state index in [1.807, 2.05) is 19.9 Å². The first-order chi connectivity index (χ1) is 15.7. The van der Waals surface area contributed by atoms with Gasteiger partial charge in [0.2, 0.25) is 0 Å². The fourth-order valence-corrected chi connectivity index (χ4v) is 4.45. The lowest BCUT2D eigenvalue weighted by molar-refractivity contribution is 0.596. The van der Waals surface area contributed by atoms with Gasteiger partial charge >= 0.3 is 0 Å². The number of hydrogen-bond donors (Lipinski definition) is 2. The Bertz CT molecular complexity index is 1060. The van der Waals surface area contributed by atoms with Crippen LogP contribution >= 0.6 is 0 Å². The summed E-state index contributed by atoms with van der Waals surface area (Å²) in [6.07, 6.45) is 12.0. The van der Waals surface area contributed by atoms with Gasteiger partial charge in [-0.1, -0.05) is 58.4 Å². The Morgan fingerprint density at radius 2 is 1.91 bits per heavy atom. The van der Waals surface area contributed by atoms with Gasteiger partial charge in [0.1, 0.15) is 0 Å². The molecule has 0 saturated heterocycles. The number of allylic oxidation sites excluding steroid dienone is 4. The number of nitrogens with one attached hydrogen (secondary N) is 2. The van der Waals surface area contributed by atoms with Gasteiger partial charge in [0.15, 0.2) is 0 Å². The molecule has 0 amide bonds. The Morgan fingerprint density at radius 3 is 2.42 bits per heavy atom. The summed E-state index contributed by atoms with van der Waals surface area (Å²) in [6.45, 7) is 20.1. The Kier molecular flexibility index (Phi) is 9.70. The van der Waals surface area contributed by atoms with E-state index in [4.69, 9.17) is 10.4 Å². The van der Waals surface area contributed by atoms with Gasteiger partial charge in [0.25, 0.3) is 0 Å². The quantitative estimate of drug-likeness (QED) is 0.268. The molecule has 2 heterocycles. The Labute approximate surface area is 201 Å². The summed E-state index contributed by atoms with van der Waals surface area (Å²) in [5.41, 5.74) is 9.47. The average molecular weight is 449 g/mol.